The van der Waals surface area contributed by atoms with Crippen molar-refractivity contribution in [2.45, 2.75) is 0 Å². The molecule has 0 saturated carbocycles. The fraction of sp³-hybridized carbons (Fsp3) is 0. The van der Waals surface area contributed by atoms with E-state index >= 15 is 0 Å². The Kier molecular flexibility index (Phi) is 15.2. The van der Waals surface area contributed by atoms with Crippen LogP contribution in [0, 0.1) is 0 Å². The lowest BCUT2D eigenvalue weighted by molar-refractivity contribution is 0.672. The average molecular weight is 1350 g/mol. The average Bonchev–Trinajstić information content (AvgIpc) is 1.50. The first-order valence-corrected chi connectivity index (χ1v) is 36.3. The standard InChI is InChI=1S/C102H66N2O2/c1-4-19-67(20-5-1)71-41-53-82(54-42-71)103(95-64-52-81(69-23-8-3-9-24-69)66-94(95)90-34-18-36-97-99(90)93-63-51-78-27-12-15-32-88(78)102(93)106-97)83-55-47-75(48-56-83)80-29-16-28-79(65-80)74-39-37-70(38-40-74)73-45-59-85(60-46-73)104(84-57-43-72(44-58-84)68-21-6-2-7-22-68)100-86-30-13-10-25-76(86)49-61-91(100)89-33-17-35-96-98(89)92-62-50-77-26-11-14-31-87(77)101(92)105-96/h1-66H. The van der Waals surface area contributed by atoms with Gasteiger partial charge in [0.25, 0.3) is 0 Å². The van der Waals surface area contributed by atoms with Crippen LogP contribution in [0.4, 0.5) is 34.1 Å². The first kappa shape index (κ1) is 61.8. The molecule has 2 aromatic heterocycles. The second kappa shape index (κ2) is 26.1. The van der Waals surface area contributed by atoms with Crippen molar-refractivity contribution in [3.63, 3.8) is 0 Å². The highest BCUT2D eigenvalue weighted by molar-refractivity contribution is 6.22. The zero-order valence-corrected chi connectivity index (χ0v) is 57.8. The Hall–Kier alpha value is -14.1. The molecule has 0 unspecified atom stereocenters. The van der Waals surface area contributed by atoms with Gasteiger partial charge in [-0.05, 0) is 185 Å². The monoisotopic (exact) mass is 1350 g/mol. The van der Waals surface area contributed by atoms with Gasteiger partial charge in [0.2, 0.25) is 0 Å². The van der Waals surface area contributed by atoms with Crippen molar-refractivity contribution in [1.29, 1.82) is 0 Å². The molecule has 4 heteroatoms. The summed E-state index contributed by atoms with van der Waals surface area (Å²) in [5, 5.41) is 11.2. The third-order valence-corrected chi connectivity index (χ3v) is 21.3. The highest BCUT2D eigenvalue weighted by atomic mass is 16.3. The topological polar surface area (TPSA) is 32.8 Å². The minimum Gasteiger partial charge on any atom is -0.455 e. The summed E-state index contributed by atoms with van der Waals surface area (Å²) in [4.78, 5) is 4.87. The molecule has 0 amide bonds. The molecule has 20 aromatic rings. The summed E-state index contributed by atoms with van der Waals surface area (Å²) in [6.07, 6.45) is 0. The predicted molar refractivity (Wildman–Crippen MR) is 446 cm³/mol. The third-order valence-electron chi connectivity index (χ3n) is 21.3. The number of hydrogen-bond donors (Lipinski definition) is 0. The summed E-state index contributed by atoms with van der Waals surface area (Å²) < 4.78 is 13.7. The molecule has 0 atom stereocenters. The quantitative estimate of drug-likeness (QED) is 0.109. The van der Waals surface area contributed by atoms with Crippen LogP contribution in [0.2, 0.25) is 0 Å². The number of rotatable bonds is 14. The largest absolute Gasteiger partial charge is 0.455 e. The van der Waals surface area contributed by atoms with E-state index in [1.807, 2.05) is 0 Å². The number of furan rings is 2. The molecule has 0 N–H and O–H groups in total. The van der Waals surface area contributed by atoms with E-state index in [0.717, 1.165) is 188 Å². The summed E-state index contributed by atoms with van der Waals surface area (Å²) in [7, 11) is 0. The molecule has 0 aliphatic heterocycles. The van der Waals surface area contributed by atoms with E-state index in [0.29, 0.717) is 0 Å². The zero-order chi connectivity index (χ0) is 70.0. The second-order valence-electron chi connectivity index (χ2n) is 27.4. The van der Waals surface area contributed by atoms with E-state index in [2.05, 4.69) is 410 Å². The van der Waals surface area contributed by atoms with Crippen molar-refractivity contribution >= 4 is 110 Å². The molecule has 0 radical (unpaired) electrons. The van der Waals surface area contributed by atoms with Gasteiger partial charge in [-0.2, -0.15) is 0 Å². The molecule has 106 heavy (non-hydrogen) atoms. The maximum absolute atomic E-state index is 6.85. The number of anilines is 6. The van der Waals surface area contributed by atoms with Crippen molar-refractivity contribution in [1.82, 2.24) is 0 Å². The molecular formula is C102H66N2O2. The fourth-order valence-corrected chi connectivity index (χ4v) is 16.1. The van der Waals surface area contributed by atoms with Gasteiger partial charge in [0.05, 0.1) is 11.4 Å². The van der Waals surface area contributed by atoms with E-state index in [9.17, 15) is 0 Å². The van der Waals surface area contributed by atoms with Gasteiger partial charge >= 0.3 is 0 Å². The van der Waals surface area contributed by atoms with Crippen LogP contribution in [0.3, 0.4) is 0 Å². The molecule has 4 nitrogen and oxygen atoms in total. The van der Waals surface area contributed by atoms with Crippen LogP contribution in [0.15, 0.2) is 409 Å². The van der Waals surface area contributed by atoms with Crippen LogP contribution in [0.5, 0.6) is 0 Å². The first-order valence-electron chi connectivity index (χ1n) is 36.3. The SMILES string of the molecule is c1ccc(-c2ccc(N(c3ccc(-c4cccc(-c5ccc(-c6ccc(N(c7ccc(-c8ccccc8)cc7)c7c(-c8cccc9oc%10c%11ccccc%11ccc%10c89)ccc8ccccc78)cc6)cc5)c4)cc3)c3ccc(-c4ccccc4)cc3-c3cccc4oc5c6ccccc6ccc5c34)cc2)cc1. The number of nitrogens with zero attached hydrogens (tertiary/aromatic N) is 2. The molecule has 0 spiro atoms. The van der Waals surface area contributed by atoms with Crippen LogP contribution >= 0.6 is 0 Å². The maximum atomic E-state index is 6.85. The van der Waals surface area contributed by atoms with Gasteiger partial charge in [0.15, 0.2) is 0 Å². The number of hydrogen-bond acceptors (Lipinski definition) is 4. The highest BCUT2D eigenvalue weighted by Crippen LogP contribution is 2.51. The van der Waals surface area contributed by atoms with Crippen molar-refractivity contribution in [3.05, 3.63) is 400 Å². The normalized spacial score (nSPS) is 11.6. The molecule has 496 valence electrons. The van der Waals surface area contributed by atoms with E-state index in [-0.39, 0.29) is 0 Å². The van der Waals surface area contributed by atoms with Gasteiger partial charge in [-0.15, -0.1) is 0 Å². The van der Waals surface area contributed by atoms with Crippen molar-refractivity contribution in [2.75, 3.05) is 9.80 Å². The lowest BCUT2D eigenvalue weighted by atomic mass is 9.93. The van der Waals surface area contributed by atoms with Crippen molar-refractivity contribution < 1.29 is 8.83 Å². The Morgan fingerprint density at radius 1 is 0.179 bits per heavy atom. The van der Waals surface area contributed by atoms with Crippen LogP contribution in [-0.2, 0) is 0 Å². The van der Waals surface area contributed by atoms with Crippen LogP contribution in [0.25, 0.3) is 165 Å². The Balaban J connectivity index is 0.646. The predicted octanol–water partition coefficient (Wildman–Crippen LogP) is 29.2. The summed E-state index contributed by atoms with van der Waals surface area (Å²) >= 11 is 0. The Bertz CT molecular complexity index is 6700. The smallest absolute Gasteiger partial charge is 0.143 e. The van der Waals surface area contributed by atoms with Crippen LogP contribution < -0.4 is 9.80 Å². The minimum absolute atomic E-state index is 0.855. The number of benzene rings is 18. The highest BCUT2D eigenvalue weighted by Gasteiger charge is 2.26. The van der Waals surface area contributed by atoms with Gasteiger partial charge in [-0.1, -0.05) is 309 Å². The van der Waals surface area contributed by atoms with Crippen molar-refractivity contribution in [3.8, 4) is 89.0 Å². The first-order chi connectivity index (χ1) is 52.5. The van der Waals surface area contributed by atoms with Gasteiger partial charge in [-0.25, -0.2) is 0 Å². The summed E-state index contributed by atoms with van der Waals surface area (Å²) in [6, 6.07) is 145. The summed E-state index contributed by atoms with van der Waals surface area (Å²) in [6.45, 7) is 0. The van der Waals surface area contributed by atoms with Crippen LogP contribution in [-0.4, -0.2) is 0 Å². The summed E-state index contributed by atoms with van der Waals surface area (Å²) in [5.74, 6) is 0. The zero-order valence-electron chi connectivity index (χ0n) is 57.8. The van der Waals surface area contributed by atoms with E-state index in [1.54, 1.807) is 0 Å². The molecule has 20 rings (SSSR count). The molecule has 0 aliphatic rings. The van der Waals surface area contributed by atoms with E-state index in [4.69, 9.17) is 8.83 Å². The van der Waals surface area contributed by atoms with E-state index in [1.165, 1.54) is 11.1 Å². The van der Waals surface area contributed by atoms with E-state index < -0.39 is 0 Å². The number of fused-ring (bicyclic) bond motifs is 11. The molecule has 0 bridgehead atoms. The molecule has 0 saturated heterocycles. The Morgan fingerprint density at radius 3 is 0.962 bits per heavy atom. The maximum Gasteiger partial charge on any atom is 0.143 e. The lowest BCUT2D eigenvalue weighted by Gasteiger charge is -2.30. The van der Waals surface area contributed by atoms with Gasteiger partial charge < -0.3 is 18.6 Å². The van der Waals surface area contributed by atoms with Crippen molar-refractivity contribution in [2.24, 2.45) is 0 Å². The summed E-state index contributed by atoms with van der Waals surface area (Å²) in [5.41, 5.74) is 28.0. The van der Waals surface area contributed by atoms with Gasteiger partial charge in [-0.3, -0.25) is 0 Å². The minimum atomic E-state index is 0.855. The fourth-order valence-electron chi connectivity index (χ4n) is 16.1. The van der Waals surface area contributed by atoms with Crippen LogP contribution in [0.1, 0.15) is 0 Å². The van der Waals surface area contributed by atoms with Gasteiger partial charge in [0, 0.05) is 71.6 Å². The third kappa shape index (κ3) is 10.9. The molecule has 0 aliphatic carbocycles. The van der Waals surface area contributed by atoms with Gasteiger partial charge in [0.1, 0.15) is 22.3 Å². The molecule has 0 fully saturated rings. The second-order valence-corrected chi connectivity index (χ2v) is 27.4. The molecular weight excluding hydrogens is 1290 g/mol. The Morgan fingerprint density at radius 2 is 0.500 bits per heavy atom. The Labute approximate surface area is 614 Å². The lowest BCUT2D eigenvalue weighted by Crippen LogP contribution is -2.12. The molecule has 18 aromatic carbocycles. The molecule has 2 heterocycles.